The lowest BCUT2D eigenvalue weighted by Crippen LogP contribution is -2.31. The molecule has 1 atom stereocenters. The number of H-pyrrole nitrogens is 2. The molecule has 2 N–H and O–H groups in total. The van der Waals surface area contributed by atoms with Crippen LogP contribution in [0.1, 0.15) is 24.7 Å². The molecule has 1 aliphatic rings. The zero-order valence-corrected chi connectivity index (χ0v) is 12.5. The number of nitrogens with zero attached hydrogens (tertiary/aromatic N) is 3. The fourth-order valence-electron chi connectivity index (χ4n) is 2.95. The molecule has 0 saturated carbocycles. The van der Waals surface area contributed by atoms with Crippen LogP contribution in [0.2, 0.25) is 0 Å². The summed E-state index contributed by atoms with van der Waals surface area (Å²) in [6.07, 6.45) is 4.32. The summed E-state index contributed by atoms with van der Waals surface area (Å²) in [6, 6.07) is 7.45. The van der Waals surface area contributed by atoms with E-state index in [1.807, 2.05) is 24.3 Å². The number of aromatic amines is 2. The van der Waals surface area contributed by atoms with E-state index in [0.717, 1.165) is 23.9 Å². The van der Waals surface area contributed by atoms with Crippen LogP contribution in [0.25, 0.3) is 11.0 Å². The van der Waals surface area contributed by atoms with Gasteiger partial charge in [0.25, 0.3) is 0 Å². The number of hydrogen-bond acceptors (Lipinski definition) is 4. The maximum atomic E-state index is 12.7. The van der Waals surface area contributed by atoms with Gasteiger partial charge in [0.2, 0.25) is 10.0 Å². The van der Waals surface area contributed by atoms with E-state index >= 15 is 0 Å². The highest BCUT2D eigenvalue weighted by Crippen LogP contribution is 2.35. The lowest BCUT2D eigenvalue weighted by atomic mass is 10.2. The molecule has 0 radical (unpaired) electrons. The minimum absolute atomic E-state index is 0.190. The SMILES string of the molecule is O=S(=O)(c1cn[nH]c1)N1CCCC1c1nc2ccccc2[nH]1. The highest BCUT2D eigenvalue weighted by molar-refractivity contribution is 7.89. The maximum absolute atomic E-state index is 12.7. The molecule has 3 heterocycles. The standard InChI is InChI=1S/C14H15N5O2S/c20-22(21,10-8-15-16-9-10)19-7-3-6-13(19)14-17-11-4-1-2-5-12(11)18-14/h1-2,4-5,8-9,13H,3,6-7H2,(H,15,16)(H,17,18). The molecule has 0 bridgehead atoms. The molecule has 7 nitrogen and oxygen atoms in total. The van der Waals surface area contributed by atoms with E-state index in [2.05, 4.69) is 20.2 Å². The third-order valence-electron chi connectivity index (χ3n) is 4.01. The van der Waals surface area contributed by atoms with Crippen LogP contribution in [0, 0.1) is 0 Å². The molecule has 0 aliphatic carbocycles. The van der Waals surface area contributed by atoms with Crippen LogP contribution in [0.5, 0.6) is 0 Å². The van der Waals surface area contributed by atoms with E-state index in [1.54, 1.807) is 0 Å². The second-order valence-electron chi connectivity index (χ2n) is 5.35. The number of aromatic nitrogens is 4. The zero-order valence-electron chi connectivity index (χ0n) is 11.7. The minimum Gasteiger partial charge on any atom is -0.341 e. The van der Waals surface area contributed by atoms with Crippen LogP contribution in [0.3, 0.4) is 0 Å². The first-order valence-corrected chi connectivity index (χ1v) is 8.55. The number of sulfonamides is 1. The summed E-state index contributed by atoms with van der Waals surface area (Å²) in [7, 11) is -3.55. The van der Waals surface area contributed by atoms with Gasteiger partial charge < -0.3 is 4.98 Å². The Hall–Kier alpha value is -2.19. The Morgan fingerprint density at radius 2 is 2.14 bits per heavy atom. The number of nitrogens with one attached hydrogen (secondary N) is 2. The van der Waals surface area contributed by atoms with Gasteiger partial charge in [0.1, 0.15) is 10.7 Å². The van der Waals surface area contributed by atoms with Crippen LogP contribution in [0.15, 0.2) is 41.6 Å². The van der Waals surface area contributed by atoms with Crippen LogP contribution >= 0.6 is 0 Å². The summed E-state index contributed by atoms with van der Waals surface area (Å²) in [4.78, 5) is 7.99. The highest BCUT2D eigenvalue weighted by atomic mass is 32.2. The second kappa shape index (κ2) is 4.92. The van der Waals surface area contributed by atoms with Gasteiger partial charge in [0.05, 0.1) is 23.3 Å². The van der Waals surface area contributed by atoms with Crippen LogP contribution in [0.4, 0.5) is 0 Å². The highest BCUT2D eigenvalue weighted by Gasteiger charge is 2.38. The number of imidazole rings is 1. The van der Waals surface area contributed by atoms with Crippen molar-refractivity contribution in [1.29, 1.82) is 0 Å². The first kappa shape index (κ1) is 13.5. The van der Waals surface area contributed by atoms with Gasteiger partial charge in [-0.2, -0.15) is 9.40 Å². The van der Waals surface area contributed by atoms with Crippen LogP contribution < -0.4 is 0 Å². The minimum atomic E-state index is -3.55. The summed E-state index contributed by atoms with van der Waals surface area (Å²) >= 11 is 0. The molecular formula is C14H15N5O2S. The molecule has 1 aliphatic heterocycles. The number of benzene rings is 1. The Labute approximate surface area is 127 Å². The quantitative estimate of drug-likeness (QED) is 0.770. The average molecular weight is 317 g/mol. The van der Waals surface area contributed by atoms with E-state index in [0.29, 0.717) is 12.4 Å². The maximum Gasteiger partial charge on any atom is 0.246 e. The number of rotatable bonds is 3. The Kier molecular flexibility index (Phi) is 3.02. The predicted octanol–water partition coefficient (Wildman–Crippen LogP) is 1.81. The van der Waals surface area contributed by atoms with Crippen molar-refractivity contribution in [3.8, 4) is 0 Å². The number of hydrogen-bond donors (Lipinski definition) is 2. The average Bonchev–Trinajstić information content (AvgIpc) is 3.25. The first-order chi connectivity index (χ1) is 10.7. The zero-order chi connectivity index (χ0) is 15.2. The van der Waals surface area contributed by atoms with Crippen molar-refractivity contribution >= 4 is 21.1 Å². The Bertz CT molecular complexity index is 867. The Morgan fingerprint density at radius 3 is 2.91 bits per heavy atom. The van der Waals surface area contributed by atoms with E-state index in [1.165, 1.54) is 16.7 Å². The second-order valence-corrected chi connectivity index (χ2v) is 7.24. The largest absolute Gasteiger partial charge is 0.341 e. The normalized spacial score (nSPS) is 19.9. The van der Waals surface area contributed by atoms with Gasteiger partial charge in [-0.25, -0.2) is 13.4 Å². The van der Waals surface area contributed by atoms with Crippen molar-refractivity contribution in [2.75, 3.05) is 6.54 Å². The summed E-state index contributed by atoms with van der Waals surface area (Å²) in [5.74, 6) is 0.700. The Morgan fingerprint density at radius 1 is 1.27 bits per heavy atom. The summed E-state index contributed by atoms with van der Waals surface area (Å²) < 4.78 is 26.9. The monoisotopic (exact) mass is 317 g/mol. The van der Waals surface area contributed by atoms with Crippen molar-refractivity contribution in [1.82, 2.24) is 24.5 Å². The molecule has 2 aromatic heterocycles. The number of fused-ring (bicyclic) bond motifs is 1. The molecule has 114 valence electrons. The van der Waals surface area contributed by atoms with Gasteiger partial charge in [-0.15, -0.1) is 0 Å². The van der Waals surface area contributed by atoms with Crippen LogP contribution in [-0.2, 0) is 10.0 Å². The third-order valence-corrected chi connectivity index (χ3v) is 5.88. The lowest BCUT2D eigenvalue weighted by Gasteiger charge is -2.21. The molecule has 0 spiro atoms. The van der Waals surface area contributed by atoms with Crippen molar-refractivity contribution in [2.45, 2.75) is 23.8 Å². The third kappa shape index (κ3) is 2.03. The summed E-state index contributed by atoms with van der Waals surface area (Å²) in [6.45, 7) is 0.495. The van der Waals surface area contributed by atoms with E-state index in [4.69, 9.17) is 0 Å². The summed E-state index contributed by atoms with van der Waals surface area (Å²) in [5.41, 5.74) is 1.77. The van der Waals surface area contributed by atoms with Crippen LogP contribution in [-0.4, -0.2) is 39.4 Å². The molecule has 22 heavy (non-hydrogen) atoms. The smallest absolute Gasteiger partial charge is 0.246 e. The molecular weight excluding hydrogens is 302 g/mol. The van der Waals surface area contributed by atoms with E-state index in [9.17, 15) is 8.42 Å². The van der Waals surface area contributed by atoms with Gasteiger partial charge in [-0.05, 0) is 25.0 Å². The first-order valence-electron chi connectivity index (χ1n) is 7.11. The molecule has 1 fully saturated rings. The van der Waals surface area contributed by atoms with Gasteiger partial charge in [-0.1, -0.05) is 12.1 Å². The fourth-order valence-corrected chi connectivity index (χ4v) is 4.52. The topological polar surface area (TPSA) is 94.7 Å². The fraction of sp³-hybridized carbons (Fsp3) is 0.286. The molecule has 0 amide bonds. The Balaban J connectivity index is 1.75. The van der Waals surface area contributed by atoms with Crippen molar-refractivity contribution in [3.05, 3.63) is 42.5 Å². The van der Waals surface area contributed by atoms with Gasteiger partial charge in [-0.3, -0.25) is 5.10 Å². The molecule has 8 heteroatoms. The lowest BCUT2D eigenvalue weighted by molar-refractivity contribution is 0.386. The van der Waals surface area contributed by atoms with Gasteiger partial charge in [0.15, 0.2) is 0 Å². The van der Waals surface area contributed by atoms with E-state index < -0.39 is 10.0 Å². The van der Waals surface area contributed by atoms with E-state index in [-0.39, 0.29) is 10.9 Å². The van der Waals surface area contributed by atoms with Gasteiger partial charge in [0, 0.05) is 12.7 Å². The van der Waals surface area contributed by atoms with Crippen molar-refractivity contribution < 1.29 is 8.42 Å². The molecule has 1 saturated heterocycles. The predicted molar refractivity (Wildman–Crippen MR) is 80.5 cm³/mol. The van der Waals surface area contributed by atoms with Gasteiger partial charge >= 0.3 is 0 Å². The molecule has 1 unspecified atom stereocenters. The van der Waals surface area contributed by atoms with Crippen molar-refractivity contribution in [2.24, 2.45) is 0 Å². The summed E-state index contributed by atoms with van der Waals surface area (Å²) in [5, 5.41) is 6.29. The molecule has 1 aromatic carbocycles. The molecule has 3 aromatic rings. The number of para-hydroxylation sites is 2. The molecule has 4 rings (SSSR count). The van der Waals surface area contributed by atoms with Crippen molar-refractivity contribution in [3.63, 3.8) is 0 Å².